The maximum absolute atomic E-state index is 13.7. The van der Waals surface area contributed by atoms with Crippen molar-refractivity contribution in [3.05, 3.63) is 47.5 Å². The van der Waals surface area contributed by atoms with Crippen molar-refractivity contribution >= 4 is 40.5 Å². The van der Waals surface area contributed by atoms with Crippen LogP contribution >= 0.6 is 0 Å². The quantitative estimate of drug-likeness (QED) is 0.256. The summed E-state index contributed by atoms with van der Waals surface area (Å²) in [7, 11) is 3.40. The summed E-state index contributed by atoms with van der Waals surface area (Å²) in [6.45, 7) is 4.47. The lowest BCUT2D eigenvalue weighted by atomic mass is 9.98. The average molecular weight is 510 g/mol. The highest BCUT2D eigenvalue weighted by Crippen LogP contribution is 2.39. The van der Waals surface area contributed by atoms with Gasteiger partial charge in [0.05, 0.1) is 24.5 Å². The predicted octanol–water partition coefficient (Wildman–Crippen LogP) is 2.07. The smallest absolute Gasteiger partial charge is 0.414 e. The van der Waals surface area contributed by atoms with Gasteiger partial charge in [-0.3, -0.25) is 19.8 Å². The number of nitrogens with one attached hydrogen (secondary N) is 1. The summed E-state index contributed by atoms with van der Waals surface area (Å²) < 4.78 is 19.0. The summed E-state index contributed by atoms with van der Waals surface area (Å²) in [6.07, 6.45) is 6.02. The average Bonchev–Trinajstić information content (AvgIpc) is 3.51. The summed E-state index contributed by atoms with van der Waals surface area (Å²) >= 11 is 0. The number of fused-ring (bicyclic) bond motifs is 1. The summed E-state index contributed by atoms with van der Waals surface area (Å²) in [5.41, 5.74) is 4.88. The van der Waals surface area contributed by atoms with Crippen LogP contribution in [0.2, 0.25) is 0 Å². The zero-order valence-electron chi connectivity index (χ0n) is 21.6. The van der Waals surface area contributed by atoms with Crippen LogP contribution in [0.3, 0.4) is 0 Å². The summed E-state index contributed by atoms with van der Waals surface area (Å²) in [4.78, 5) is 28.7. The molecule has 3 N–H and O–H groups in total. The number of amides is 1. The zero-order chi connectivity index (χ0) is 26.5. The Kier molecular flexibility index (Phi) is 8.02. The molecule has 2 aromatic heterocycles. The van der Waals surface area contributed by atoms with Crippen molar-refractivity contribution in [1.29, 1.82) is 0 Å². The molecule has 37 heavy (non-hydrogen) atoms. The van der Waals surface area contributed by atoms with Crippen molar-refractivity contribution < 1.29 is 28.9 Å². The number of hydrazone groups is 1. The summed E-state index contributed by atoms with van der Waals surface area (Å²) in [5, 5.41) is 14.9. The first-order valence-electron chi connectivity index (χ1n) is 12.4. The van der Waals surface area contributed by atoms with Crippen molar-refractivity contribution in [3.8, 4) is 0 Å². The number of nitrogens with zero attached hydrogens (tertiary/aromatic N) is 4. The van der Waals surface area contributed by atoms with Crippen molar-refractivity contribution in [2.45, 2.75) is 45.3 Å². The molecule has 3 aromatic rings. The molecular formula is C26H33N6O5+. The van der Waals surface area contributed by atoms with Crippen molar-refractivity contribution in [2.24, 2.45) is 12.1 Å². The molecule has 3 heterocycles. The van der Waals surface area contributed by atoms with Gasteiger partial charge >= 0.3 is 6.09 Å². The third kappa shape index (κ3) is 5.41. The molecule has 2 atom stereocenters. The van der Waals surface area contributed by atoms with Gasteiger partial charge in [0.25, 0.3) is 0 Å². The largest absolute Gasteiger partial charge is 0.450 e. The Balaban J connectivity index is 1.93. The van der Waals surface area contributed by atoms with E-state index >= 15 is 0 Å². The highest BCUT2D eigenvalue weighted by Gasteiger charge is 2.37. The maximum Gasteiger partial charge on any atom is 0.414 e. The number of hydrogen-bond donors (Lipinski definition) is 2. The third-order valence-electron chi connectivity index (χ3n) is 6.37. The number of ketones is 1. The first-order chi connectivity index (χ1) is 17.9. The minimum absolute atomic E-state index is 0.0105. The Labute approximate surface area is 214 Å². The van der Waals surface area contributed by atoms with Crippen LogP contribution in [0.25, 0.3) is 11.0 Å². The molecule has 0 saturated carbocycles. The molecule has 196 valence electrons. The van der Waals surface area contributed by atoms with Crippen LogP contribution in [0.5, 0.6) is 0 Å². The molecule has 1 aliphatic rings. The highest BCUT2D eigenvalue weighted by atomic mass is 16.6. The summed E-state index contributed by atoms with van der Waals surface area (Å²) in [5.74, 6) is -0.349. The van der Waals surface area contributed by atoms with Crippen LogP contribution in [0, 0.1) is 0 Å². The lowest BCUT2D eigenvalue weighted by Crippen LogP contribution is -2.46. The van der Waals surface area contributed by atoms with Gasteiger partial charge in [0.2, 0.25) is 11.5 Å². The fourth-order valence-corrected chi connectivity index (χ4v) is 4.53. The lowest BCUT2D eigenvalue weighted by Gasteiger charge is -2.36. The molecule has 1 fully saturated rings. The van der Waals surface area contributed by atoms with E-state index < -0.39 is 6.09 Å². The van der Waals surface area contributed by atoms with E-state index in [2.05, 4.69) is 15.6 Å². The number of aromatic nitrogens is 2. The van der Waals surface area contributed by atoms with Gasteiger partial charge in [0, 0.05) is 43.9 Å². The molecule has 0 aliphatic carbocycles. The van der Waals surface area contributed by atoms with E-state index in [9.17, 15) is 9.59 Å². The molecule has 1 aromatic carbocycles. The predicted molar refractivity (Wildman–Crippen MR) is 139 cm³/mol. The van der Waals surface area contributed by atoms with Crippen LogP contribution in [-0.2, 0) is 16.5 Å². The number of furan rings is 1. The second kappa shape index (κ2) is 11.4. The highest BCUT2D eigenvalue weighted by molar-refractivity contribution is 6.35. The second-order valence-corrected chi connectivity index (χ2v) is 8.81. The SMILES string of the molecule is CCOC(=O)N(c1c(C(=O)c2cnn(C)c2)oc2ccc(C(=[NH2+])/C=N\NC)cc12)[C@H]1CCO[C@@H](CC)C1. The van der Waals surface area contributed by atoms with Gasteiger partial charge in [-0.2, -0.15) is 10.2 Å². The zero-order valence-corrected chi connectivity index (χ0v) is 21.6. The Morgan fingerprint density at radius 2 is 2.16 bits per heavy atom. The second-order valence-electron chi connectivity index (χ2n) is 8.81. The number of carbonyl (C=O) groups excluding carboxylic acids is 2. The van der Waals surface area contributed by atoms with Gasteiger partial charge in [-0.05, 0) is 44.4 Å². The van der Waals surface area contributed by atoms with Crippen LogP contribution in [0.15, 0.2) is 40.1 Å². The van der Waals surface area contributed by atoms with Crippen molar-refractivity contribution in [2.75, 3.05) is 25.2 Å². The number of carbonyl (C=O) groups is 2. The Bertz CT molecular complexity index is 1330. The van der Waals surface area contributed by atoms with Crippen LogP contribution in [-0.4, -0.2) is 66.0 Å². The van der Waals surface area contributed by atoms with Crippen LogP contribution in [0.4, 0.5) is 10.5 Å². The van der Waals surface area contributed by atoms with Gasteiger partial charge in [0.1, 0.15) is 17.5 Å². The van der Waals surface area contributed by atoms with Crippen LogP contribution < -0.4 is 15.7 Å². The fourth-order valence-electron chi connectivity index (χ4n) is 4.53. The molecule has 4 rings (SSSR count). The first-order valence-corrected chi connectivity index (χ1v) is 12.4. The monoisotopic (exact) mass is 509 g/mol. The molecular weight excluding hydrogens is 476 g/mol. The number of rotatable bonds is 9. The number of ether oxygens (including phenoxy) is 2. The Morgan fingerprint density at radius 1 is 1.35 bits per heavy atom. The van der Waals surface area contributed by atoms with Gasteiger partial charge in [-0.15, -0.1) is 0 Å². The summed E-state index contributed by atoms with van der Waals surface area (Å²) in [6, 6.07) is 5.06. The lowest BCUT2D eigenvalue weighted by molar-refractivity contribution is -0.109. The van der Waals surface area contributed by atoms with E-state index in [1.54, 1.807) is 50.3 Å². The van der Waals surface area contributed by atoms with Gasteiger partial charge in [0.15, 0.2) is 5.76 Å². The normalized spacial score (nSPS) is 17.7. The molecule has 11 heteroatoms. The first kappa shape index (κ1) is 26.1. The standard InChI is InChI=1S/C26H32N6O5/c1-5-19-12-18(9-10-36-19)32(26(34)35-6-2)23-20-11-16(21(27)14-29-28-3)7-8-22(20)37-25(23)24(33)17-13-30-31(4)15-17/h7-8,11,13-15,18-19,27-28H,5-6,9-10,12H2,1-4H3/p+1/b27-21?,29-14-/t18-,19-/m0/s1. The van der Waals surface area contributed by atoms with Gasteiger partial charge in [-0.1, -0.05) is 6.92 Å². The number of anilines is 1. The van der Waals surface area contributed by atoms with E-state index in [0.717, 1.165) is 6.42 Å². The maximum atomic E-state index is 13.7. The molecule has 0 spiro atoms. The molecule has 0 radical (unpaired) electrons. The molecule has 0 unspecified atom stereocenters. The van der Waals surface area contributed by atoms with Crippen molar-refractivity contribution in [3.63, 3.8) is 0 Å². The minimum Gasteiger partial charge on any atom is -0.450 e. The van der Waals surface area contributed by atoms with E-state index in [4.69, 9.17) is 19.3 Å². The molecule has 1 aliphatic heterocycles. The Morgan fingerprint density at radius 3 is 2.84 bits per heavy atom. The fraction of sp³-hybridized carbons (Fsp3) is 0.423. The third-order valence-corrected chi connectivity index (χ3v) is 6.37. The van der Waals surface area contributed by atoms with Crippen LogP contribution in [0.1, 0.15) is 54.8 Å². The minimum atomic E-state index is -0.550. The molecule has 11 nitrogen and oxygen atoms in total. The molecule has 0 bridgehead atoms. The van der Waals surface area contributed by atoms with E-state index in [-0.39, 0.29) is 30.3 Å². The van der Waals surface area contributed by atoms with E-state index in [0.29, 0.717) is 52.9 Å². The van der Waals surface area contributed by atoms with Crippen molar-refractivity contribution in [1.82, 2.24) is 15.2 Å². The van der Waals surface area contributed by atoms with Gasteiger partial charge < -0.3 is 19.3 Å². The number of aryl methyl sites for hydroxylation is 1. The number of nitrogens with two attached hydrogens (primary N) is 1. The topological polar surface area (TPSA) is 137 Å². The number of hydrogen-bond acceptors (Lipinski definition) is 8. The molecule has 1 amide bonds. The van der Waals surface area contributed by atoms with E-state index in [1.807, 2.05) is 6.92 Å². The number of benzene rings is 1. The molecule has 1 saturated heterocycles. The van der Waals surface area contributed by atoms with E-state index in [1.165, 1.54) is 17.1 Å². The van der Waals surface area contributed by atoms with Gasteiger partial charge in [-0.25, -0.2) is 4.79 Å². The Hall–Kier alpha value is -3.99.